The van der Waals surface area contributed by atoms with Gasteiger partial charge < -0.3 is 20.9 Å². The maximum atomic E-state index is 12.6. The van der Waals surface area contributed by atoms with Crippen LogP contribution in [0.3, 0.4) is 0 Å². The van der Waals surface area contributed by atoms with Gasteiger partial charge in [0, 0.05) is 12.8 Å². The first-order valence-corrected chi connectivity index (χ1v) is 21.4. The molecule has 0 radical (unpaired) electrons. The number of hydrogen-bond acceptors (Lipinski definition) is 5. The summed E-state index contributed by atoms with van der Waals surface area (Å²) in [6.45, 7) is 4.89. The summed E-state index contributed by atoms with van der Waals surface area (Å²) in [7, 11) is 0. The van der Waals surface area contributed by atoms with Crippen LogP contribution in [0.25, 0.3) is 0 Å². The summed E-state index contributed by atoms with van der Waals surface area (Å²) in [6, 6.07) is -0.869. The molecule has 0 saturated heterocycles. The van der Waals surface area contributed by atoms with Crippen LogP contribution in [0.4, 0.5) is 0 Å². The molecular weight excluding hydrogens is 612 g/mol. The number of nitrogens with two attached hydrogens (primary N) is 1. The van der Waals surface area contributed by atoms with E-state index in [1.807, 2.05) is 0 Å². The number of aliphatic carboxylic acids is 1. The molecule has 290 valence electrons. The lowest BCUT2D eigenvalue weighted by atomic mass is 10.0. The number of rotatable bonds is 39. The molecule has 0 saturated carbocycles. The Morgan fingerprint density at radius 1 is 0.510 bits per heavy atom. The number of amides is 1. The summed E-state index contributed by atoms with van der Waals surface area (Å²) < 4.78 is 5.93. The second kappa shape index (κ2) is 37.6. The average molecular weight is 695 g/mol. The lowest BCUT2D eigenvalue weighted by Gasteiger charge is -2.18. The minimum Gasteiger partial charge on any atom is -0.480 e. The summed E-state index contributed by atoms with van der Waals surface area (Å²) in [5, 5.41) is 11.9. The summed E-state index contributed by atoms with van der Waals surface area (Å²) >= 11 is 0. The lowest BCUT2D eigenvalue weighted by molar-refractivity contribution is -0.150. The summed E-state index contributed by atoms with van der Waals surface area (Å²) in [4.78, 5) is 36.2. The van der Waals surface area contributed by atoms with Crippen LogP contribution in [0, 0.1) is 0 Å². The Kier molecular flexibility index (Phi) is 36.4. The largest absolute Gasteiger partial charge is 0.480 e. The number of esters is 1. The highest BCUT2D eigenvalue weighted by atomic mass is 16.5. The van der Waals surface area contributed by atoms with Crippen LogP contribution < -0.4 is 11.1 Å². The van der Waals surface area contributed by atoms with Gasteiger partial charge in [0.15, 0.2) is 0 Å². The van der Waals surface area contributed by atoms with Crippen LogP contribution in [0.15, 0.2) is 0 Å². The van der Waals surface area contributed by atoms with E-state index in [1.165, 1.54) is 141 Å². The van der Waals surface area contributed by atoms with E-state index in [-0.39, 0.29) is 18.0 Å². The molecule has 7 heteroatoms. The van der Waals surface area contributed by atoms with Crippen molar-refractivity contribution in [2.45, 2.75) is 244 Å². The van der Waals surface area contributed by atoms with Crippen molar-refractivity contribution in [1.29, 1.82) is 0 Å². The topological polar surface area (TPSA) is 119 Å². The molecule has 0 heterocycles. The van der Waals surface area contributed by atoms with Gasteiger partial charge in [-0.25, -0.2) is 4.79 Å². The van der Waals surface area contributed by atoms with Gasteiger partial charge >= 0.3 is 11.9 Å². The van der Waals surface area contributed by atoms with E-state index < -0.39 is 12.0 Å². The highest BCUT2D eigenvalue weighted by Gasteiger charge is 2.19. The van der Waals surface area contributed by atoms with Gasteiger partial charge in [-0.1, -0.05) is 168 Å². The Morgan fingerprint density at radius 3 is 1.29 bits per heavy atom. The average Bonchev–Trinajstić information content (AvgIpc) is 3.08. The number of unbranched alkanes of at least 4 members (excludes halogenated alkanes) is 25. The van der Waals surface area contributed by atoms with Crippen LogP contribution in [-0.4, -0.2) is 41.6 Å². The first-order valence-electron chi connectivity index (χ1n) is 21.4. The predicted octanol–water partition coefficient (Wildman–Crippen LogP) is 11.7. The van der Waals surface area contributed by atoms with Gasteiger partial charge in [0.1, 0.15) is 12.1 Å². The Balaban J connectivity index is 3.86. The van der Waals surface area contributed by atoms with E-state index in [9.17, 15) is 19.5 Å². The Bertz CT molecular complexity index is 747. The molecule has 2 unspecified atom stereocenters. The van der Waals surface area contributed by atoms with E-state index >= 15 is 0 Å². The predicted molar refractivity (Wildman–Crippen MR) is 207 cm³/mol. The zero-order valence-corrected chi connectivity index (χ0v) is 32.6. The molecule has 0 aliphatic carbocycles. The fourth-order valence-corrected chi connectivity index (χ4v) is 6.69. The lowest BCUT2D eigenvalue weighted by Crippen LogP contribution is -2.40. The molecule has 0 spiro atoms. The first kappa shape index (κ1) is 47.4. The van der Waals surface area contributed by atoms with E-state index in [4.69, 9.17) is 10.5 Å². The summed E-state index contributed by atoms with van der Waals surface area (Å²) in [5.74, 6) is -1.30. The minimum atomic E-state index is -1.01. The molecule has 0 aromatic carbocycles. The van der Waals surface area contributed by atoms with Gasteiger partial charge in [-0.15, -0.1) is 0 Å². The van der Waals surface area contributed by atoms with Crippen molar-refractivity contribution in [3.05, 3.63) is 0 Å². The van der Waals surface area contributed by atoms with Crippen LogP contribution in [-0.2, 0) is 19.1 Å². The second-order valence-electron chi connectivity index (χ2n) is 14.8. The third-order valence-corrected chi connectivity index (χ3v) is 9.92. The van der Waals surface area contributed by atoms with Gasteiger partial charge in [0.2, 0.25) is 5.91 Å². The number of carboxylic acid groups (broad SMARTS) is 1. The standard InChI is InChI=1S/C42H82N2O5/c1-3-5-7-9-10-11-12-13-14-15-16-17-18-19-20-21-22-23-24-25-30-36-41(46)49-38(32-27-8-6-4-2)33-28-26-29-35-40(45)44-39(42(47)48)34-31-37-43/h38-39H,3-37,43H2,1-2H3,(H,44,45)(H,47,48). The normalized spacial score (nSPS) is 12.6. The van der Waals surface area contributed by atoms with Crippen molar-refractivity contribution in [3.8, 4) is 0 Å². The van der Waals surface area contributed by atoms with E-state index in [0.29, 0.717) is 38.6 Å². The molecule has 0 aliphatic rings. The van der Waals surface area contributed by atoms with Crippen molar-refractivity contribution in [1.82, 2.24) is 5.32 Å². The number of carbonyl (C=O) groups is 3. The van der Waals surface area contributed by atoms with Crippen LogP contribution in [0.1, 0.15) is 232 Å². The highest BCUT2D eigenvalue weighted by Crippen LogP contribution is 2.18. The number of carboxylic acids is 1. The molecule has 2 atom stereocenters. The van der Waals surface area contributed by atoms with Crippen molar-refractivity contribution >= 4 is 17.8 Å². The molecule has 0 aliphatic heterocycles. The number of carbonyl (C=O) groups excluding carboxylic acids is 2. The molecule has 4 N–H and O–H groups in total. The molecule has 7 nitrogen and oxygen atoms in total. The molecule has 0 aromatic rings. The van der Waals surface area contributed by atoms with Gasteiger partial charge in [-0.05, 0) is 57.9 Å². The SMILES string of the molecule is CCCCCCCCCCCCCCCCCCCCCCCC(=O)OC(CCCCCC)CCCCCC(=O)NC(CCCN)C(=O)O. The smallest absolute Gasteiger partial charge is 0.326 e. The summed E-state index contributed by atoms with van der Waals surface area (Å²) in [5.41, 5.74) is 5.47. The summed E-state index contributed by atoms with van der Waals surface area (Å²) in [6.07, 6.45) is 39.0. The van der Waals surface area contributed by atoms with Crippen molar-refractivity contribution in [2.75, 3.05) is 6.54 Å². The molecule has 0 bridgehead atoms. The third kappa shape index (κ3) is 34.6. The van der Waals surface area contributed by atoms with Crippen LogP contribution in [0.5, 0.6) is 0 Å². The van der Waals surface area contributed by atoms with Gasteiger partial charge in [0.25, 0.3) is 0 Å². The van der Waals surface area contributed by atoms with E-state index in [2.05, 4.69) is 19.2 Å². The van der Waals surface area contributed by atoms with Gasteiger partial charge in [-0.3, -0.25) is 9.59 Å². The van der Waals surface area contributed by atoms with Gasteiger partial charge in [-0.2, -0.15) is 0 Å². The number of hydrogen-bond donors (Lipinski definition) is 3. The maximum absolute atomic E-state index is 12.6. The minimum absolute atomic E-state index is 0.0410. The van der Waals surface area contributed by atoms with Crippen molar-refractivity contribution < 1.29 is 24.2 Å². The molecule has 0 rings (SSSR count). The number of ether oxygens (including phenoxy) is 1. The monoisotopic (exact) mass is 695 g/mol. The third-order valence-electron chi connectivity index (χ3n) is 9.92. The van der Waals surface area contributed by atoms with Crippen molar-refractivity contribution in [2.24, 2.45) is 5.73 Å². The molecular formula is C42H82N2O5. The van der Waals surface area contributed by atoms with Gasteiger partial charge in [0.05, 0.1) is 0 Å². The second-order valence-corrected chi connectivity index (χ2v) is 14.8. The first-order chi connectivity index (χ1) is 23.9. The fraction of sp³-hybridized carbons (Fsp3) is 0.929. The van der Waals surface area contributed by atoms with E-state index in [1.54, 1.807) is 0 Å². The Labute approximate surface area is 303 Å². The van der Waals surface area contributed by atoms with Crippen LogP contribution >= 0.6 is 0 Å². The maximum Gasteiger partial charge on any atom is 0.326 e. The Hall–Kier alpha value is -1.63. The fourth-order valence-electron chi connectivity index (χ4n) is 6.69. The highest BCUT2D eigenvalue weighted by molar-refractivity contribution is 5.83. The molecule has 1 amide bonds. The quantitative estimate of drug-likeness (QED) is 0.0435. The van der Waals surface area contributed by atoms with Crippen LogP contribution in [0.2, 0.25) is 0 Å². The molecule has 0 aromatic heterocycles. The Morgan fingerprint density at radius 2 is 0.878 bits per heavy atom. The van der Waals surface area contributed by atoms with Crippen molar-refractivity contribution in [3.63, 3.8) is 0 Å². The molecule has 49 heavy (non-hydrogen) atoms. The van der Waals surface area contributed by atoms with E-state index in [0.717, 1.165) is 44.9 Å². The number of nitrogens with one attached hydrogen (secondary N) is 1. The zero-order chi connectivity index (χ0) is 36.0. The zero-order valence-electron chi connectivity index (χ0n) is 32.6. The molecule has 0 fully saturated rings.